The van der Waals surface area contributed by atoms with E-state index in [1.807, 2.05) is 47.4 Å². The molecule has 1 aromatic heterocycles. The van der Waals surface area contributed by atoms with Crippen LogP contribution in [0.2, 0.25) is 5.02 Å². The van der Waals surface area contributed by atoms with Crippen LogP contribution in [0, 0.1) is 6.92 Å². The van der Waals surface area contributed by atoms with Crippen molar-refractivity contribution in [3.8, 4) is 5.69 Å². The standard InChI is InChI=1S/C29H34ClN5O5S2/c1-6-27-32-24-18-26(42(39,40)34-29(3,4)5)23(30)17-25(24)35(27)21-11-9-20(10-12-21)15-16-31-28(36)33-41(37,38)22-13-7-19(2)8-14-22/h7-14,17-18,34H,6,15-16H2,1-5H3,(H2,31,33,36). The topological polar surface area (TPSA) is 139 Å². The lowest BCUT2D eigenvalue weighted by atomic mass is 10.1. The van der Waals surface area contributed by atoms with Crippen LogP contribution >= 0.6 is 11.6 Å². The van der Waals surface area contributed by atoms with Gasteiger partial charge < -0.3 is 5.32 Å². The lowest BCUT2D eigenvalue weighted by molar-refractivity contribution is 0.246. The highest BCUT2D eigenvalue weighted by Gasteiger charge is 2.26. The summed E-state index contributed by atoms with van der Waals surface area (Å²) in [6.07, 6.45) is 1.07. The number of urea groups is 1. The van der Waals surface area contributed by atoms with Crippen LogP contribution in [-0.4, -0.2) is 44.5 Å². The summed E-state index contributed by atoms with van der Waals surface area (Å²) in [6.45, 7) is 9.29. The number of carbonyl (C=O) groups is 1. The number of imidazole rings is 1. The van der Waals surface area contributed by atoms with Gasteiger partial charge in [-0.15, -0.1) is 0 Å². The summed E-state index contributed by atoms with van der Waals surface area (Å²) in [5.74, 6) is 0.736. The van der Waals surface area contributed by atoms with Gasteiger partial charge in [-0.25, -0.2) is 36.1 Å². The lowest BCUT2D eigenvalue weighted by Gasteiger charge is -2.20. The fraction of sp³-hybridized carbons (Fsp3) is 0.310. The van der Waals surface area contributed by atoms with Crippen molar-refractivity contribution in [2.24, 2.45) is 0 Å². The van der Waals surface area contributed by atoms with Crippen LogP contribution in [0.1, 0.15) is 44.6 Å². The monoisotopic (exact) mass is 631 g/mol. The Morgan fingerprint density at radius 1 is 0.952 bits per heavy atom. The molecule has 0 bridgehead atoms. The van der Waals surface area contributed by atoms with Crippen LogP contribution in [0.15, 0.2) is 70.5 Å². The van der Waals surface area contributed by atoms with Gasteiger partial charge in [-0.1, -0.05) is 48.4 Å². The van der Waals surface area contributed by atoms with E-state index in [2.05, 4.69) is 15.0 Å². The maximum atomic E-state index is 13.0. The van der Waals surface area contributed by atoms with Crippen LogP contribution < -0.4 is 14.8 Å². The largest absolute Gasteiger partial charge is 0.337 e. The number of carbonyl (C=O) groups excluding carboxylic acids is 1. The van der Waals surface area contributed by atoms with Crippen LogP contribution in [0.25, 0.3) is 16.7 Å². The number of benzene rings is 3. The molecular weight excluding hydrogens is 598 g/mol. The lowest BCUT2D eigenvalue weighted by Crippen LogP contribution is -2.40. The van der Waals surface area contributed by atoms with E-state index in [9.17, 15) is 21.6 Å². The fourth-order valence-electron chi connectivity index (χ4n) is 4.38. The summed E-state index contributed by atoms with van der Waals surface area (Å²) in [4.78, 5) is 16.9. The van der Waals surface area contributed by atoms with E-state index in [4.69, 9.17) is 11.6 Å². The van der Waals surface area contributed by atoms with Gasteiger partial charge in [0.2, 0.25) is 10.0 Å². The zero-order valence-electron chi connectivity index (χ0n) is 24.0. The number of rotatable bonds is 9. The Morgan fingerprint density at radius 3 is 2.19 bits per heavy atom. The van der Waals surface area contributed by atoms with Gasteiger partial charge >= 0.3 is 6.03 Å². The molecule has 0 aliphatic rings. The number of nitrogens with zero attached hydrogens (tertiary/aromatic N) is 2. The number of aryl methyl sites for hydroxylation is 2. The average Bonchev–Trinajstić information content (AvgIpc) is 3.24. The van der Waals surface area contributed by atoms with Gasteiger partial charge in [-0.2, -0.15) is 0 Å². The molecular formula is C29H34ClN5O5S2. The second-order valence-corrected chi connectivity index (χ2v) is 14.7. The molecule has 0 aliphatic heterocycles. The van der Waals surface area contributed by atoms with Crippen LogP contribution in [0.5, 0.6) is 0 Å². The summed E-state index contributed by atoms with van der Waals surface area (Å²) in [6, 6.07) is 16.1. The number of halogens is 1. The highest BCUT2D eigenvalue weighted by atomic mass is 35.5. The zero-order valence-corrected chi connectivity index (χ0v) is 26.4. The van der Waals surface area contributed by atoms with Gasteiger partial charge in [-0.05, 0) is 76.1 Å². The number of amides is 2. The van der Waals surface area contributed by atoms with Gasteiger partial charge in [0.1, 0.15) is 10.7 Å². The highest BCUT2D eigenvalue weighted by Crippen LogP contribution is 2.31. The van der Waals surface area contributed by atoms with Crippen LogP contribution in [-0.2, 0) is 32.9 Å². The number of sulfonamides is 2. The van der Waals surface area contributed by atoms with Crippen molar-refractivity contribution in [1.29, 1.82) is 0 Å². The number of hydrogen-bond donors (Lipinski definition) is 3. The smallest absolute Gasteiger partial charge is 0.328 e. The predicted molar refractivity (Wildman–Crippen MR) is 164 cm³/mol. The quantitative estimate of drug-likeness (QED) is 0.241. The van der Waals surface area contributed by atoms with Crippen molar-refractivity contribution < 1.29 is 21.6 Å². The van der Waals surface area contributed by atoms with Gasteiger partial charge in [0, 0.05) is 24.2 Å². The first-order valence-corrected chi connectivity index (χ1v) is 16.7. The molecule has 0 atom stereocenters. The van der Waals surface area contributed by atoms with Gasteiger partial charge in [0.15, 0.2) is 0 Å². The Kier molecular flexibility index (Phi) is 9.02. The van der Waals surface area contributed by atoms with E-state index in [0.29, 0.717) is 23.9 Å². The molecule has 0 saturated carbocycles. The Balaban J connectivity index is 1.47. The van der Waals surface area contributed by atoms with Crippen LogP contribution in [0.4, 0.5) is 4.79 Å². The predicted octanol–water partition coefficient (Wildman–Crippen LogP) is 4.86. The average molecular weight is 632 g/mol. The normalized spacial score (nSPS) is 12.4. The molecule has 0 spiro atoms. The minimum atomic E-state index is -3.97. The molecule has 3 N–H and O–H groups in total. The second kappa shape index (κ2) is 12.0. The molecule has 0 saturated heterocycles. The molecule has 0 unspecified atom stereocenters. The molecule has 4 rings (SSSR count). The van der Waals surface area contributed by atoms with Crippen molar-refractivity contribution in [2.45, 2.75) is 62.8 Å². The summed E-state index contributed by atoms with van der Waals surface area (Å²) < 4.78 is 57.3. The minimum Gasteiger partial charge on any atom is -0.337 e. The Morgan fingerprint density at radius 2 is 1.60 bits per heavy atom. The Bertz CT molecular complexity index is 1830. The van der Waals surface area contributed by atoms with Crippen molar-refractivity contribution in [3.63, 3.8) is 0 Å². The summed E-state index contributed by atoms with van der Waals surface area (Å²) in [5, 5.41) is 2.67. The molecule has 0 aliphatic carbocycles. The zero-order chi connectivity index (χ0) is 30.9. The highest BCUT2D eigenvalue weighted by molar-refractivity contribution is 7.90. The maximum absolute atomic E-state index is 13.0. The first kappa shape index (κ1) is 31.5. The Hall–Kier alpha value is -3.45. The molecule has 1 heterocycles. The van der Waals surface area contributed by atoms with Gasteiger partial charge in [0.25, 0.3) is 10.0 Å². The first-order valence-electron chi connectivity index (χ1n) is 13.3. The van der Waals surface area contributed by atoms with E-state index in [0.717, 1.165) is 22.6 Å². The van der Waals surface area contributed by atoms with Crippen molar-refractivity contribution in [1.82, 2.24) is 24.3 Å². The third-order valence-corrected chi connectivity index (χ3v) is 9.85. The molecule has 224 valence electrons. The van der Waals surface area contributed by atoms with Gasteiger partial charge in [0.05, 0.1) is 21.0 Å². The number of nitrogens with one attached hydrogen (secondary N) is 3. The van der Waals surface area contributed by atoms with Gasteiger partial charge in [-0.3, -0.25) is 4.57 Å². The third-order valence-electron chi connectivity index (χ3n) is 6.28. The van der Waals surface area contributed by atoms with Crippen molar-refractivity contribution in [2.75, 3.05) is 6.54 Å². The van der Waals surface area contributed by atoms with Crippen LogP contribution in [0.3, 0.4) is 0 Å². The minimum absolute atomic E-state index is 0.0121. The Labute approximate surface area is 251 Å². The van der Waals surface area contributed by atoms with E-state index in [-0.39, 0.29) is 21.4 Å². The first-order chi connectivity index (χ1) is 19.6. The fourth-order valence-corrected chi connectivity index (χ4v) is 7.27. The summed E-state index contributed by atoms with van der Waals surface area (Å²) in [5.41, 5.74) is 3.15. The van der Waals surface area contributed by atoms with E-state index < -0.39 is 31.6 Å². The number of hydrogen-bond acceptors (Lipinski definition) is 6. The molecule has 2 amide bonds. The maximum Gasteiger partial charge on any atom is 0.328 e. The number of aromatic nitrogens is 2. The molecule has 10 nitrogen and oxygen atoms in total. The second-order valence-electron chi connectivity index (χ2n) is 10.9. The van der Waals surface area contributed by atoms with E-state index in [1.54, 1.807) is 39.0 Å². The van der Waals surface area contributed by atoms with E-state index in [1.165, 1.54) is 18.2 Å². The van der Waals surface area contributed by atoms with Crippen molar-refractivity contribution >= 4 is 48.7 Å². The SMILES string of the molecule is CCc1nc2cc(S(=O)(=O)NC(C)(C)C)c(Cl)cc2n1-c1ccc(CCNC(=O)NS(=O)(=O)c2ccc(C)cc2)cc1. The molecule has 42 heavy (non-hydrogen) atoms. The van der Waals surface area contributed by atoms with E-state index >= 15 is 0 Å². The number of fused-ring (bicyclic) bond motifs is 1. The molecule has 3 aromatic carbocycles. The third kappa shape index (κ3) is 7.30. The molecule has 0 fully saturated rings. The summed E-state index contributed by atoms with van der Waals surface area (Å²) >= 11 is 6.48. The van der Waals surface area contributed by atoms with Crippen molar-refractivity contribution in [3.05, 3.63) is 82.6 Å². The summed E-state index contributed by atoms with van der Waals surface area (Å²) in [7, 11) is -7.83. The molecule has 13 heteroatoms. The molecule has 4 aromatic rings. The molecule has 0 radical (unpaired) electrons.